The molecule has 1 aromatic carbocycles. The predicted octanol–water partition coefficient (Wildman–Crippen LogP) is 2.10. The van der Waals surface area contributed by atoms with Crippen molar-refractivity contribution >= 4 is 25.8 Å². The Morgan fingerprint density at radius 1 is 1.38 bits per heavy atom. The molecule has 16 heavy (non-hydrogen) atoms. The highest BCUT2D eigenvalue weighted by atomic mass is 79.9. The van der Waals surface area contributed by atoms with Crippen LogP contribution in [0.25, 0.3) is 0 Å². The molecule has 0 saturated heterocycles. The fraction of sp³-hybridized carbons (Fsp3) is 0.455. The molecule has 1 unspecified atom stereocenters. The lowest BCUT2D eigenvalue weighted by Gasteiger charge is -2.08. The monoisotopic (exact) mass is 305 g/mol. The second-order valence-electron chi connectivity index (χ2n) is 3.95. The maximum absolute atomic E-state index is 11.8. The van der Waals surface area contributed by atoms with Gasteiger partial charge in [0.25, 0.3) is 0 Å². The number of sulfone groups is 1. The van der Waals surface area contributed by atoms with Gasteiger partial charge in [-0.05, 0) is 25.0 Å². The van der Waals surface area contributed by atoms with E-state index in [1.807, 2.05) is 31.2 Å². The summed E-state index contributed by atoms with van der Waals surface area (Å²) in [5.74, 6) is 0.215. The first-order valence-corrected chi connectivity index (χ1v) is 7.71. The van der Waals surface area contributed by atoms with E-state index in [0.717, 1.165) is 10.0 Å². The summed E-state index contributed by atoms with van der Waals surface area (Å²) < 4.78 is 24.4. The van der Waals surface area contributed by atoms with Gasteiger partial charge in [0.2, 0.25) is 0 Å². The fourth-order valence-electron chi connectivity index (χ4n) is 1.29. The van der Waals surface area contributed by atoms with Crippen LogP contribution < -0.4 is 5.73 Å². The van der Waals surface area contributed by atoms with Gasteiger partial charge in [-0.25, -0.2) is 8.42 Å². The third kappa shape index (κ3) is 4.63. The van der Waals surface area contributed by atoms with Gasteiger partial charge in [0, 0.05) is 10.5 Å². The summed E-state index contributed by atoms with van der Waals surface area (Å²) in [4.78, 5) is 0. The predicted molar refractivity (Wildman–Crippen MR) is 69.9 cm³/mol. The van der Waals surface area contributed by atoms with Crippen LogP contribution in [-0.2, 0) is 15.6 Å². The van der Waals surface area contributed by atoms with Crippen molar-refractivity contribution in [2.24, 2.45) is 5.73 Å². The van der Waals surface area contributed by atoms with E-state index in [2.05, 4.69) is 15.9 Å². The van der Waals surface area contributed by atoms with E-state index in [1.54, 1.807) is 0 Å². The Labute approximate surface area is 105 Å². The third-order valence-corrected chi connectivity index (χ3v) is 4.60. The molecule has 2 N–H and O–H groups in total. The smallest absolute Gasteiger partial charge is 0.154 e. The number of benzene rings is 1. The van der Waals surface area contributed by atoms with Gasteiger partial charge in [-0.15, -0.1) is 0 Å². The molecule has 0 amide bonds. The van der Waals surface area contributed by atoms with Crippen molar-refractivity contribution < 1.29 is 8.42 Å². The van der Waals surface area contributed by atoms with Gasteiger partial charge in [-0.2, -0.15) is 0 Å². The molecular formula is C11H16BrNO2S. The van der Waals surface area contributed by atoms with Gasteiger partial charge in [0.15, 0.2) is 9.84 Å². The normalized spacial score (nSPS) is 13.7. The quantitative estimate of drug-likeness (QED) is 0.906. The highest BCUT2D eigenvalue weighted by molar-refractivity contribution is 9.10. The Balaban J connectivity index is 2.70. The van der Waals surface area contributed by atoms with Gasteiger partial charge in [-0.3, -0.25) is 0 Å². The standard InChI is InChI=1S/C11H16BrNO2S/c1-9(13)6-7-16(14,15)8-10-4-2-3-5-11(10)12/h2-5,9H,6-8,13H2,1H3. The Hall–Kier alpha value is -0.390. The molecular weight excluding hydrogens is 290 g/mol. The molecule has 0 aliphatic carbocycles. The lowest BCUT2D eigenvalue weighted by atomic mass is 10.2. The molecule has 0 bridgehead atoms. The van der Waals surface area contributed by atoms with Gasteiger partial charge in [0.1, 0.15) is 0 Å². The zero-order chi connectivity index (χ0) is 12.2. The molecule has 0 aliphatic heterocycles. The maximum Gasteiger partial charge on any atom is 0.154 e. The third-order valence-electron chi connectivity index (χ3n) is 2.22. The van der Waals surface area contributed by atoms with Crippen LogP contribution >= 0.6 is 15.9 Å². The van der Waals surface area contributed by atoms with E-state index < -0.39 is 9.84 Å². The molecule has 90 valence electrons. The van der Waals surface area contributed by atoms with Crippen LogP contribution in [0.2, 0.25) is 0 Å². The maximum atomic E-state index is 11.8. The topological polar surface area (TPSA) is 60.2 Å². The summed E-state index contributed by atoms with van der Waals surface area (Å²) >= 11 is 3.34. The first kappa shape index (κ1) is 13.7. The van der Waals surface area contributed by atoms with Crippen LogP contribution in [0.3, 0.4) is 0 Å². The molecule has 1 atom stereocenters. The molecule has 0 aliphatic rings. The Morgan fingerprint density at radius 3 is 2.56 bits per heavy atom. The van der Waals surface area contributed by atoms with Crippen LogP contribution in [0, 0.1) is 0 Å². The van der Waals surface area contributed by atoms with Crippen molar-refractivity contribution in [3.8, 4) is 0 Å². The summed E-state index contributed by atoms with van der Waals surface area (Å²) in [6.07, 6.45) is 0.507. The average Bonchev–Trinajstić information content (AvgIpc) is 2.19. The van der Waals surface area contributed by atoms with Crippen LogP contribution in [-0.4, -0.2) is 20.2 Å². The molecule has 0 saturated carbocycles. The Morgan fingerprint density at radius 2 is 2.00 bits per heavy atom. The SMILES string of the molecule is CC(N)CCS(=O)(=O)Cc1ccccc1Br. The molecule has 0 aromatic heterocycles. The second kappa shape index (κ2) is 5.80. The molecule has 1 rings (SSSR count). The first-order valence-electron chi connectivity index (χ1n) is 5.10. The summed E-state index contributed by atoms with van der Waals surface area (Å²) in [5, 5.41) is 0. The molecule has 3 nitrogen and oxygen atoms in total. The summed E-state index contributed by atoms with van der Waals surface area (Å²) in [6.45, 7) is 1.81. The van der Waals surface area contributed by atoms with E-state index in [9.17, 15) is 8.42 Å². The van der Waals surface area contributed by atoms with Crippen LogP contribution in [0.1, 0.15) is 18.9 Å². The number of halogens is 1. The summed E-state index contributed by atoms with van der Waals surface area (Å²) in [7, 11) is -3.06. The van der Waals surface area contributed by atoms with E-state index >= 15 is 0 Å². The molecule has 1 aromatic rings. The van der Waals surface area contributed by atoms with Crippen molar-refractivity contribution in [2.75, 3.05) is 5.75 Å². The number of rotatable bonds is 5. The van der Waals surface area contributed by atoms with Crippen LogP contribution in [0.4, 0.5) is 0 Å². The Kier molecular flexibility index (Phi) is 4.95. The highest BCUT2D eigenvalue weighted by Crippen LogP contribution is 2.19. The van der Waals surface area contributed by atoms with Crippen LogP contribution in [0.5, 0.6) is 0 Å². The lowest BCUT2D eigenvalue weighted by molar-refractivity contribution is 0.586. The van der Waals surface area contributed by atoms with Crippen molar-refractivity contribution in [1.29, 1.82) is 0 Å². The fourth-order valence-corrected chi connectivity index (χ4v) is 3.50. The molecule has 5 heteroatoms. The zero-order valence-corrected chi connectivity index (χ0v) is 11.6. The van der Waals surface area contributed by atoms with Gasteiger partial charge < -0.3 is 5.73 Å². The summed E-state index contributed by atoms with van der Waals surface area (Å²) in [6, 6.07) is 7.28. The van der Waals surface area contributed by atoms with E-state index in [-0.39, 0.29) is 17.5 Å². The van der Waals surface area contributed by atoms with Crippen LogP contribution in [0.15, 0.2) is 28.7 Å². The van der Waals surface area contributed by atoms with Gasteiger partial charge >= 0.3 is 0 Å². The van der Waals surface area contributed by atoms with E-state index in [0.29, 0.717) is 6.42 Å². The van der Waals surface area contributed by atoms with Gasteiger partial charge in [0.05, 0.1) is 11.5 Å². The number of hydrogen-bond acceptors (Lipinski definition) is 3. The van der Waals surface area contributed by atoms with E-state index in [4.69, 9.17) is 5.73 Å². The molecule has 0 radical (unpaired) electrons. The molecule has 0 heterocycles. The number of nitrogens with two attached hydrogens (primary N) is 1. The minimum atomic E-state index is -3.06. The summed E-state index contributed by atoms with van der Waals surface area (Å²) in [5.41, 5.74) is 6.35. The van der Waals surface area contributed by atoms with E-state index in [1.165, 1.54) is 0 Å². The number of hydrogen-bond donors (Lipinski definition) is 1. The Bertz CT molecular complexity index is 443. The van der Waals surface area contributed by atoms with Crippen molar-refractivity contribution in [3.05, 3.63) is 34.3 Å². The average molecular weight is 306 g/mol. The minimum Gasteiger partial charge on any atom is -0.328 e. The second-order valence-corrected chi connectivity index (χ2v) is 6.99. The lowest BCUT2D eigenvalue weighted by Crippen LogP contribution is -2.20. The van der Waals surface area contributed by atoms with Gasteiger partial charge in [-0.1, -0.05) is 34.1 Å². The van der Waals surface area contributed by atoms with Crippen molar-refractivity contribution in [2.45, 2.75) is 25.1 Å². The van der Waals surface area contributed by atoms with Crippen molar-refractivity contribution in [3.63, 3.8) is 0 Å². The first-order chi connectivity index (χ1) is 7.41. The van der Waals surface area contributed by atoms with Crippen molar-refractivity contribution in [1.82, 2.24) is 0 Å². The molecule has 0 spiro atoms. The zero-order valence-electron chi connectivity index (χ0n) is 9.19. The largest absolute Gasteiger partial charge is 0.328 e. The molecule has 0 fully saturated rings. The minimum absolute atomic E-state index is 0.0706. The highest BCUT2D eigenvalue weighted by Gasteiger charge is 2.14.